The fraction of sp³-hybridized carbons (Fsp3) is 0.450. The first-order chi connectivity index (χ1) is 11.0. The van der Waals surface area contributed by atoms with Crippen LogP contribution in [0, 0.1) is 6.92 Å². The van der Waals surface area contributed by atoms with Gasteiger partial charge in [0.25, 0.3) is 5.56 Å². The molecule has 0 saturated carbocycles. The van der Waals surface area contributed by atoms with Crippen LogP contribution in [0.3, 0.4) is 0 Å². The van der Waals surface area contributed by atoms with Gasteiger partial charge in [0, 0.05) is 20.9 Å². The highest BCUT2D eigenvalue weighted by Crippen LogP contribution is 2.35. The van der Waals surface area contributed by atoms with Crippen molar-refractivity contribution in [3.05, 3.63) is 57.5 Å². The first kappa shape index (κ1) is 20.1. The van der Waals surface area contributed by atoms with Crippen LogP contribution in [0.2, 0.25) is 0 Å². The van der Waals surface area contributed by atoms with Gasteiger partial charge >= 0.3 is 0 Å². The second-order valence-corrected chi connectivity index (χ2v) is 6.52. The fourth-order valence-electron chi connectivity index (χ4n) is 3.01. The van der Waals surface area contributed by atoms with Crippen LogP contribution in [0.1, 0.15) is 58.8 Å². The van der Waals surface area contributed by atoms with E-state index in [1.54, 1.807) is 0 Å². The van der Waals surface area contributed by atoms with E-state index in [9.17, 15) is 4.79 Å². The van der Waals surface area contributed by atoms with Crippen LogP contribution in [0.15, 0.2) is 35.1 Å². The van der Waals surface area contributed by atoms with Gasteiger partial charge in [0.2, 0.25) is 0 Å². The van der Waals surface area contributed by atoms with Crippen molar-refractivity contribution >= 4 is 8.41 Å². The molecule has 4 heteroatoms. The lowest BCUT2D eigenvalue weighted by atomic mass is 9.76. The molecule has 0 aliphatic heterocycles. The van der Waals surface area contributed by atoms with Crippen LogP contribution in [-0.2, 0) is 11.8 Å². The van der Waals surface area contributed by atoms with E-state index >= 15 is 0 Å². The van der Waals surface area contributed by atoms with E-state index in [0.29, 0.717) is 11.5 Å². The van der Waals surface area contributed by atoms with Crippen molar-refractivity contribution in [1.29, 1.82) is 0 Å². The van der Waals surface area contributed by atoms with Crippen LogP contribution >= 0.6 is 0 Å². The molecule has 3 radical (unpaired) electrons. The third kappa shape index (κ3) is 4.31. The third-order valence-electron chi connectivity index (χ3n) is 4.26. The average Bonchev–Trinajstić information content (AvgIpc) is 2.53. The van der Waals surface area contributed by atoms with Gasteiger partial charge < -0.3 is 9.72 Å². The quantitative estimate of drug-likeness (QED) is 0.791. The molecule has 0 unspecified atom stereocenters. The smallest absolute Gasteiger partial charge is 0.291 e. The SMILES string of the molecule is CC.Cc1ccc(Oc2cc3c([nH]c2=O)C(C)(C)CCC3)cc1.[B].[HH]. The first-order valence-corrected chi connectivity index (χ1v) is 8.47. The Balaban J connectivity index is 0.00000139. The van der Waals surface area contributed by atoms with E-state index in [4.69, 9.17) is 4.74 Å². The van der Waals surface area contributed by atoms with E-state index in [-0.39, 0.29) is 20.8 Å². The van der Waals surface area contributed by atoms with Gasteiger partial charge in [-0.1, -0.05) is 45.4 Å². The maximum atomic E-state index is 12.3. The van der Waals surface area contributed by atoms with Gasteiger partial charge in [0.15, 0.2) is 5.75 Å². The van der Waals surface area contributed by atoms with Crippen LogP contribution in [0.4, 0.5) is 0 Å². The molecule has 24 heavy (non-hydrogen) atoms. The third-order valence-corrected chi connectivity index (χ3v) is 4.26. The van der Waals surface area contributed by atoms with E-state index in [0.717, 1.165) is 25.0 Å². The van der Waals surface area contributed by atoms with Crippen molar-refractivity contribution in [1.82, 2.24) is 4.98 Å². The average molecular weight is 326 g/mol. The molecule has 0 saturated heterocycles. The molecule has 1 aromatic carbocycles. The van der Waals surface area contributed by atoms with Crippen molar-refractivity contribution in [3.8, 4) is 11.5 Å². The summed E-state index contributed by atoms with van der Waals surface area (Å²) in [4.78, 5) is 15.3. The van der Waals surface area contributed by atoms with Crippen molar-refractivity contribution < 1.29 is 6.16 Å². The maximum absolute atomic E-state index is 12.3. The van der Waals surface area contributed by atoms with Crippen LogP contribution < -0.4 is 10.3 Å². The molecule has 0 spiro atoms. The molecular formula is C20H29BNO2. The van der Waals surface area contributed by atoms with Crippen LogP contribution in [-0.4, -0.2) is 13.4 Å². The van der Waals surface area contributed by atoms with Gasteiger partial charge in [-0.15, -0.1) is 0 Å². The molecule has 1 heterocycles. The summed E-state index contributed by atoms with van der Waals surface area (Å²) >= 11 is 0. The van der Waals surface area contributed by atoms with Gasteiger partial charge in [-0.3, -0.25) is 4.79 Å². The van der Waals surface area contributed by atoms with E-state index in [1.807, 2.05) is 51.1 Å². The first-order valence-electron chi connectivity index (χ1n) is 8.47. The summed E-state index contributed by atoms with van der Waals surface area (Å²) in [5.74, 6) is 1.08. The summed E-state index contributed by atoms with van der Waals surface area (Å²) in [5, 5.41) is 0. The molecule has 1 aromatic heterocycles. The Morgan fingerprint density at radius 1 is 1.17 bits per heavy atom. The normalized spacial score (nSPS) is 14.5. The number of fused-ring (bicyclic) bond motifs is 1. The molecule has 0 atom stereocenters. The van der Waals surface area contributed by atoms with Gasteiger partial charge in [-0.2, -0.15) is 0 Å². The Morgan fingerprint density at radius 3 is 2.42 bits per heavy atom. The highest BCUT2D eigenvalue weighted by atomic mass is 16.5. The Kier molecular flexibility index (Phi) is 6.88. The molecular weight excluding hydrogens is 297 g/mol. The molecule has 1 aliphatic carbocycles. The zero-order valence-electron chi connectivity index (χ0n) is 15.4. The Bertz CT molecular complexity index is 723. The number of hydrogen-bond acceptors (Lipinski definition) is 2. The van der Waals surface area contributed by atoms with Crippen molar-refractivity contribution in [2.75, 3.05) is 0 Å². The number of nitrogens with one attached hydrogen (secondary N) is 1. The molecule has 0 amide bonds. The molecule has 3 rings (SSSR count). The number of rotatable bonds is 2. The number of hydrogen-bond donors (Lipinski definition) is 1. The summed E-state index contributed by atoms with van der Waals surface area (Å²) < 4.78 is 5.75. The zero-order valence-corrected chi connectivity index (χ0v) is 15.4. The number of aromatic nitrogens is 1. The monoisotopic (exact) mass is 326 g/mol. The predicted octanol–water partition coefficient (Wildman–Crippen LogP) is 4.98. The Morgan fingerprint density at radius 2 is 1.79 bits per heavy atom. The summed E-state index contributed by atoms with van der Waals surface area (Å²) in [6.07, 6.45) is 3.25. The number of aryl methyl sites for hydroxylation is 2. The van der Waals surface area contributed by atoms with Gasteiger partial charge in [-0.25, -0.2) is 0 Å². The fourth-order valence-corrected chi connectivity index (χ4v) is 3.01. The molecule has 3 nitrogen and oxygen atoms in total. The molecule has 1 aliphatic rings. The minimum Gasteiger partial charge on any atom is -0.452 e. The molecule has 1 N–H and O–H groups in total. The number of aromatic amines is 1. The topological polar surface area (TPSA) is 42.1 Å². The van der Waals surface area contributed by atoms with E-state index in [1.165, 1.54) is 11.1 Å². The summed E-state index contributed by atoms with van der Waals surface area (Å²) in [6.45, 7) is 10.4. The number of pyridine rings is 1. The molecule has 2 aromatic rings. The van der Waals surface area contributed by atoms with Crippen LogP contribution in [0.25, 0.3) is 0 Å². The molecule has 0 fully saturated rings. The van der Waals surface area contributed by atoms with Gasteiger partial charge in [-0.05, 0) is 49.9 Å². The van der Waals surface area contributed by atoms with Crippen molar-refractivity contribution in [2.45, 2.75) is 59.3 Å². The molecule has 0 bridgehead atoms. The summed E-state index contributed by atoms with van der Waals surface area (Å²) in [5.41, 5.74) is 3.32. The van der Waals surface area contributed by atoms with E-state index in [2.05, 4.69) is 18.8 Å². The Hall–Kier alpha value is -1.97. The Labute approximate surface area is 148 Å². The summed E-state index contributed by atoms with van der Waals surface area (Å²) in [6, 6.07) is 9.64. The van der Waals surface area contributed by atoms with Crippen molar-refractivity contribution in [2.24, 2.45) is 0 Å². The zero-order chi connectivity index (χ0) is 17.0. The predicted molar refractivity (Wildman–Crippen MR) is 103 cm³/mol. The standard InChI is InChI=1S/C18H21NO2.C2H6.B.H2/c1-12-6-8-14(9-7-12)21-15-11-13-5-4-10-18(2,3)16(13)19-17(15)20;1-2;;/h6-9,11H,4-5,10H2,1-3H3,(H,19,20);1-2H3;;1H. The molecule has 129 valence electrons. The van der Waals surface area contributed by atoms with Gasteiger partial charge in [0.1, 0.15) is 5.75 Å². The van der Waals surface area contributed by atoms with Crippen LogP contribution in [0.5, 0.6) is 11.5 Å². The lowest BCUT2D eigenvalue weighted by molar-refractivity contribution is 0.410. The van der Waals surface area contributed by atoms with Crippen molar-refractivity contribution in [3.63, 3.8) is 0 Å². The minimum atomic E-state index is -0.149. The largest absolute Gasteiger partial charge is 0.452 e. The maximum Gasteiger partial charge on any atom is 0.291 e. The lowest BCUT2D eigenvalue weighted by Gasteiger charge is -2.31. The number of ether oxygens (including phenoxy) is 1. The lowest BCUT2D eigenvalue weighted by Crippen LogP contribution is -2.29. The second kappa shape index (κ2) is 8.23. The number of H-pyrrole nitrogens is 1. The highest BCUT2D eigenvalue weighted by Gasteiger charge is 2.29. The van der Waals surface area contributed by atoms with Gasteiger partial charge in [0.05, 0.1) is 0 Å². The summed E-state index contributed by atoms with van der Waals surface area (Å²) in [7, 11) is 0. The second-order valence-electron chi connectivity index (χ2n) is 6.52. The minimum absolute atomic E-state index is 0. The highest BCUT2D eigenvalue weighted by molar-refractivity contribution is 5.75. The number of benzene rings is 1. The van der Waals surface area contributed by atoms with E-state index < -0.39 is 0 Å².